The van der Waals surface area contributed by atoms with E-state index in [1.807, 2.05) is 0 Å². The Kier molecular flexibility index (Phi) is 5.41. The van der Waals surface area contributed by atoms with Gasteiger partial charge in [-0.1, -0.05) is 5.16 Å². The molecule has 13 heteroatoms. The maximum Gasteiger partial charge on any atom is 0.352 e. The zero-order valence-electron chi connectivity index (χ0n) is 15.1. The van der Waals surface area contributed by atoms with Crippen molar-refractivity contribution < 1.29 is 24.3 Å². The van der Waals surface area contributed by atoms with Crippen molar-refractivity contribution in [3.8, 4) is 0 Å². The molecule has 0 radical (unpaired) electrons. The van der Waals surface area contributed by atoms with Gasteiger partial charge in [0.1, 0.15) is 23.2 Å². The van der Waals surface area contributed by atoms with Crippen molar-refractivity contribution in [3.05, 3.63) is 17.6 Å². The van der Waals surface area contributed by atoms with Crippen molar-refractivity contribution in [2.45, 2.75) is 43.2 Å². The monoisotopic (exact) mass is 438 g/mol. The highest BCUT2D eigenvalue weighted by Gasteiger charge is 2.53. The van der Waals surface area contributed by atoms with E-state index in [1.165, 1.54) is 22.7 Å². The third-order valence-electron chi connectivity index (χ3n) is 4.82. The number of carbonyl (C=O) groups is 3. The number of nitrogens with zero attached hydrogens (tertiary/aromatic N) is 4. The van der Waals surface area contributed by atoms with E-state index >= 15 is 0 Å². The van der Waals surface area contributed by atoms with Crippen molar-refractivity contribution in [2.24, 2.45) is 5.16 Å². The lowest BCUT2D eigenvalue weighted by molar-refractivity contribution is -0.150. The average molecular weight is 438 g/mol. The van der Waals surface area contributed by atoms with Crippen LogP contribution in [0.15, 0.2) is 16.9 Å². The number of thioether (sulfide) groups is 1. The van der Waals surface area contributed by atoms with Crippen LogP contribution in [0.5, 0.6) is 0 Å². The highest BCUT2D eigenvalue weighted by molar-refractivity contribution is 8.00. The van der Waals surface area contributed by atoms with Crippen LogP contribution in [0, 0.1) is 0 Å². The number of aromatic nitrogens is 2. The number of β-lactam (4-membered cyclic amide) rings is 1. The van der Waals surface area contributed by atoms with Gasteiger partial charge in [0.2, 0.25) is 11.5 Å². The summed E-state index contributed by atoms with van der Waals surface area (Å²) in [6.45, 7) is 0. The van der Waals surface area contributed by atoms with Crippen molar-refractivity contribution >= 4 is 51.9 Å². The molecule has 0 spiro atoms. The van der Waals surface area contributed by atoms with Gasteiger partial charge in [-0.3, -0.25) is 14.5 Å². The van der Waals surface area contributed by atoms with Gasteiger partial charge < -0.3 is 21.0 Å². The summed E-state index contributed by atoms with van der Waals surface area (Å²) in [6.07, 6.45) is 5.17. The molecule has 2 atom stereocenters. The van der Waals surface area contributed by atoms with Gasteiger partial charge >= 0.3 is 5.97 Å². The summed E-state index contributed by atoms with van der Waals surface area (Å²) >= 11 is 2.28. The van der Waals surface area contributed by atoms with E-state index in [0.717, 1.165) is 37.2 Å². The fourth-order valence-corrected chi connectivity index (χ4v) is 5.01. The highest BCUT2D eigenvalue weighted by atomic mass is 32.2. The number of oxime groups is 1. The Bertz CT molecular complexity index is 909. The van der Waals surface area contributed by atoms with Crippen LogP contribution in [0.25, 0.3) is 0 Å². The molecule has 4 rings (SSSR count). The number of rotatable bonds is 6. The summed E-state index contributed by atoms with van der Waals surface area (Å²) in [4.78, 5) is 47.3. The number of amides is 2. The molecule has 1 aromatic rings. The van der Waals surface area contributed by atoms with Gasteiger partial charge in [-0.25, -0.2) is 4.79 Å². The Morgan fingerprint density at radius 1 is 1.38 bits per heavy atom. The highest BCUT2D eigenvalue weighted by Crippen LogP contribution is 2.37. The van der Waals surface area contributed by atoms with Gasteiger partial charge in [-0.2, -0.15) is 9.36 Å². The minimum Gasteiger partial charge on any atom is -0.477 e. The lowest BCUT2D eigenvalue weighted by Crippen LogP contribution is -2.70. The zero-order chi connectivity index (χ0) is 20.5. The molecule has 1 saturated carbocycles. The van der Waals surface area contributed by atoms with Crippen molar-refractivity contribution in [1.82, 2.24) is 19.6 Å². The molecule has 29 heavy (non-hydrogen) atoms. The van der Waals surface area contributed by atoms with Crippen molar-refractivity contribution in [2.75, 3.05) is 11.5 Å². The first-order valence-electron chi connectivity index (χ1n) is 8.98. The van der Waals surface area contributed by atoms with E-state index < -0.39 is 29.2 Å². The summed E-state index contributed by atoms with van der Waals surface area (Å²) in [5.74, 6) is -1.90. The topological polar surface area (TPSA) is 160 Å². The maximum atomic E-state index is 12.8. The lowest BCUT2D eigenvalue weighted by Gasteiger charge is -2.48. The second kappa shape index (κ2) is 7.99. The van der Waals surface area contributed by atoms with Crippen LogP contribution in [0.1, 0.15) is 31.5 Å². The molecule has 2 fully saturated rings. The molecule has 2 amide bonds. The summed E-state index contributed by atoms with van der Waals surface area (Å²) in [7, 11) is 0. The predicted octanol–water partition coefficient (Wildman–Crippen LogP) is 0.152. The number of nitrogens with one attached hydrogen (secondary N) is 1. The average Bonchev–Trinajstić information content (AvgIpc) is 3.37. The normalized spacial score (nSPS) is 24.6. The molecule has 11 nitrogen and oxygen atoms in total. The number of carboxylic acids is 1. The van der Waals surface area contributed by atoms with Gasteiger partial charge in [0.15, 0.2) is 5.13 Å². The number of aliphatic carboxylic acids is 1. The zero-order valence-corrected chi connectivity index (χ0v) is 16.7. The third-order valence-corrected chi connectivity index (χ3v) is 6.54. The summed E-state index contributed by atoms with van der Waals surface area (Å²) < 4.78 is 4.02. The fourth-order valence-electron chi connectivity index (χ4n) is 3.38. The lowest BCUT2D eigenvalue weighted by atomic mass is 10.0. The second-order valence-corrected chi connectivity index (χ2v) is 8.62. The number of fused-ring (bicyclic) bond motifs is 1. The Balaban J connectivity index is 1.50. The minimum absolute atomic E-state index is 0.0223. The Hall–Kier alpha value is -2.67. The molecule has 2 aliphatic heterocycles. The Labute approximate surface area is 173 Å². The molecule has 0 bridgehead atoms. The largest absolute Gasteiger partial charge is 0.477 e. The molecule has 1 unspecified atom stereocenters. The van der Waals surface area contributed by atoms with Gasteiger partial charge in [-0.15, -0.1) is 11.8 Å². The first-order valence-corrected chi connectivity index (χ1v) is 10.8. The van der Waals surface area contributed by atoms with E-state index in [2.05, 4.69) is 19.8 Å². The number of hydrogen-bond acceptors (Lipinski definition) is 10. The number of hydrogen-bond donors (Lipinski definition) is 3. The summed E-state index contributed by atoms with van der Waals surface area (Å²) in [5.41, 5.74) is 5.38. The van der Waals surface area contributed by atoms with Gasteiger partial charge in [0.25, 0.3) is 11.8 Å². The minimum atomic E-state index is -1.18. The molecule has 154 valence electrons. The van der Waals surface area contributed by atoms with Crippen molar-refractivity contribution in [1.29, 1.82) is 0 Å². The standard InChI is InChI=1S/C16H18N6O5S2/c17-16-19-11(21-29-16)9(20-27-7-3-1-2-4-7)12(23)18-10-13(24)22-8(15(25)26)5-6-28-14(10)22/h5,7,10,14H,1-4,6H2,(H,18,23)(H,25,26)(H2,17,19,21)/t10?,14-/m1/s1. The molecule has 1 saturated heterocycles. The first-order chi connectivity index (χ1) is 14.0. The van der Waals surface area contributed by atoms with Crippen LogP contribution in [-0.2, 0) is 19.2 Å². The Morgan fingerprint density at radius 2 is 2.14 bits per heavy atom. The summed E-state index contributed by atoms with van der Waals surface area (Å²) in [5, 5.41) is 15.5. The fraction of sp³-hybridized carbons (Fsp3) is 0.500. The number of nitrogens with two attached hydrogens (primary N) is 1. The van der Waals surface area contributed by atoms with Crippen LogP contribution < -0.4 is 11.1 Å². The number of nitrogen functional groups attached to an aromatic ring is 1. The SMILES string of the molecule is Nc1nc(C(=NOC2CCCC2)C(=O)NC2C(=O)N3C(C(=O)O)=CCS[C@H]23)ns1. The van der Waals surface area contributed by atoms with Gasteiger partial charge in [0.05, 0.1) is 0 Å². The third kappa shape index (κ3) is 3.79. The van der Waals surface area contributed by atoms with Crippen LogP contribution in [-0.4, -0.2) is 66.1 Å². The molecular formula is C16H18N6O5S2. The van der Waals surface area contributed by atoms with Crippen LogP contribution in [0.3, 0.4) is 0 Å². The molecule has 1 aliphatic carbocycles. The molecule has 3 aliphatic rings. The van der Waals surface area contributed by atoms with Gasteiger partial charge in [0, 0.05) is 17.3 Å². The first kappa shape index (κ1) is 19.6. The molecule has 0 aromatic carbocycles. The summed E-state index contributed by atoms with van der Waals surface area (Å²) in [6, 6.07) is -0.872. The predicted molar refractivity (Wildman–Crippen MR) is 105 cm³/mol. The van der Waals surface area contributed by atoms with E-state index in [9.17, 15) is 19.5 Å². The molecule has 1 aromatic heterocycles. The smallest absolute Gasteiger partial charge is 0.352 e. The van der Waals surface area contributed by atoms with E-state index in [-0.39, 0.29) is 28.5 Å². The number of anilines is 1. The maximum absolute atomic E-state index is 12.8. The van der Waals surface area contributed by atoms with E-state index in [4.69, 9.17) is 10.6 Å². The van der Waals surface area contributed by atoms with Crippen molar-refractivity contribution in [3.63, 3.8) is 0 Å². The molecular weight excluding hydrogens is 420 g/mol. The molecule has 3 heterocycles. The van der Waals surface area contributed by atoms with Crippen LogP contribution in [0.2, 0.25) is 0 Å². The van der Waals surface area contributed by atoms with Crippen LogP contribution in [0.4, 0.5) is 5.13 Å². The Morgan fingerprint density at radius 3 is 2.79 bits per heavy atom. The number of carboxylic acid groups (broad SMARTS) is 1. The van der Waals surface area contributed by atoms with Gasteiger partial charge in [-0.05, 0) is 31.8 Å². The second-order valence-electron chi connectivity index (χ2n) is 6.69. The van der Waals surface area contributed by atoms with E-state index in [1.54, 1.807) is 0 Å². The van der Waals surface area contributed by atoms with Crippen LogP contribution >= 0.6 is 23.3 Å². The number of carbonyl (C=O) groups excluding carboxylic acids is 2. The quantitative estimate of drug-likeness (QED) is 0.319. The molecule has 4 N–H and O–H groups in total. The van der Waals surface area contributed by atoms with E-state index in [0.29, 0.717) is 5.75 Å².